The molecule has 2 aromatic heterocycles. The highest BCUT2D eigenvalue weighted by atomic mass is 16.7. The maximum Gasteiger partial charge on any atom is 0.309 e. The molecule has 3 fully saturated rings. The Morgan fingerprint density at radius 1 is 0.944 bits per heavy atom. The number of imidazole rings is 1. The molecule has 0 bridgehead atoms. The number of carbonyl (C=O) groups is 1. The SMILES string of the molecule is CC[C@H]1OC(=O)[C@H](C)[C@@H](C2C[C@@](C)(OC)[C@@H](O)[C@H](C)O2)[C@H](C)[C@@H](O[C@@H]2O[C@H](C)C[C@H](N(C)CCc3cn(CCCCc4ccc(-n5ccnc5)cc4)nn3)[C@H]2O)[C@](C)(O)C[C@@H](C)CN(C)[C@H](C)[C@@H](O)[C@]1(C)O. The van der Waals surface area contributed by atoms with Crippen LogP contribution < -0.4 is 0 Å². The van der Waals surface area contributed by atoms with Crippen LogP contribution in [0, 0.1) is 23.7 Å². The summed E-state index contributed by atoms with van der Waals surface area (Å²) in [5.41, 5.74) is -1.20. The first-order valence-corrected chi connectivity index (χ1v) is 26.5. The number of methoxy groups -OCH3 is 1. The maximum absolute atomic E-state index is 14.6. The summed E-state index contributed by atoms with van der Waals surface area (Å²) in [5, 5.41) is 69.0. The van der Waals surface area contributed by atoms with Gasteiger partial charge in [-0.1, -0.05) is 45.0 Å². The molecule has 18 heteroatoms. The van der Waals surface area contributed by atoms with E-state index in [1.54, 1.807) is 47.3 Å². The quantitative estimate of drug-likeness (QED) is 0.104. The molecule has 3 aliphatic heterocycles. The molecule has 1 aromatic carbocycles. The second-order valence-corrected chi connectivity index (χ2v) is 22.6. The summed E-state index contributed by atoms with van der Waals surface area (Å²) in [7, 11) is 5.37. The lowest BCUT2D eigenvalue weighted by molar-refractivity contribution is -0.302. The Balaban J connectivity index is 1.20. The number of unbranched alkanes of at least 4 members (excludes halogenated alkanes) is 1. The Kier molecular flexibility index (Phi) is 19.7. The van der Waals surface area contributed by atoms with Gasteiger partial charge in [-0.3, -0.25) is 9.48 Å². The molecule has 0 spiro atoms. The molecule has 0 radical (unpaired) electrons. The maximum atomic E-state index is 14.6. The average Bonchev–Trinajstić information content (AvgIpc) is 4.05. The zero-order valence-electron chi connectivity index (χ0n) is 45.4. The molecule has 406 valence electrons. The van der Waals surface area contributed by atoms with Gasteiger partial charge < -0.3 is 63.6 Å². The van der Waals surface area contributed by atoms with E-state index in [-0.39, 0.29) is 37.3 Å². The topological polar surface area (TPSA) is 219 Å². The van der Waals surface area contributed by atoms with Crippen molar-refractivity contribution in [2.75, 3.05) is 34.3 Å². The fourth-order valence-electron chi connectivity index (χ4n) is 12.1. The van der Waals surface area contributed by atoms with E-state index in [2.05, 4.69) is 44.5 Å². The number of esters is 1. The van der Waals surface area contributed by atoms with E-state index in [0.29, 0.717) is 25.9 Å². The van der Waals surface area contributed by atoms with Gasteiger partial charge in [0.05, 0.1) is 53.6 Å². The molecule has 0 aliphatic carbocycles. The number of ether oxygens (including phenoxy) is 5. The zero-order chi connectivity index (χ0) is 52.9. The molecule has 18 atom stereocenters. The second kappa shape index (κ2) is 24.5. The van der Waals surface area contributed by atoms with E-state index >= 15 is 0 Å². The minimum absolute atomic E-state index is 0.160. The molecule has 72 heavy (non-hydrogen) atoms. The first kappa shape index (κ1) is 57.9. The molecule has 5 N–H and O–H groups in total. The highest BCUT2D eigenvalue weighted by Gasteiger charge is 2.55. The molecular formula is C54H89N7O11. The molecular weight excluding hydrogens is 923 g/mol. The number of aliphatic hydroxyl groups is 5. The molecule has 18 nitrogen and oxygen atoms in total. The fraction of sp³-hybridized carbons (Fsp3) is 0.778. The van der Waals surface area contributed by atoms with Gasteiger partial charge in [-0.05, 0) is 124 Å². The molecule has 0 saturated carbocycles. The molecule has 3 aromatic rings. The number of likely N-dealkylation sites (N-methyl/N-ethyl adjacent to an activating group) is 2. The van der Waals surface area contributed by atoms with Crippen LogP contribution in [0.4, 0.5) is 0 Å². The van der Waals surface area contributed by atoms with E-state index in [1.165, 1.54) is 12.5 Å². The van der Waals surface area contributed by atoms with Gasteiger partial charge in [-0.2, -0.15) is 0 Å². The molecule has 5 heterocycles. The third-order valence-electron chi connectivity index (χ3n) is 16.6. The van der Waals surface area contributed by atoms with Gasteiger partial charge >= 0.3 is 5.97 Å². The Morgan fingerprint density at radius 2 is 1.65 bits per heavy atom. The van der Waals surface area contributed by atoms with Crippen LogP contribution in [0.5, 0.6) is 0 Å². The zero-order valence-corrected chi connectivity index (χ0v) is 45.4. The average molecular weight is 1010 g/mol. The fourth-order valence-corrected chi connectivity index (χ4v) is 12.1. The number of cyclic esters (lactones) is 1. The second-order valence-electron chi connectivity index (χ2n) is 22.6. The lowest BCUT2D eigenvalue weighted by Gasteiger charge is -2.51. The van der Waals surface area contributed by atoms with Crippen LogP contribution in [0.3, 0.4) is 0 Å². The summed E-state index contributed by atoms with van der Waals surface area (Å²) >= 11 is 0. The number of aryl methyl sites for hydroxylation is 2. The van der Waals surface area contributed by atoms with Gasteiger partial charge in [0.2, 0.25) is 0 Å². The standard InChI is InChI=1S/C54H89N7O11/c1-14-44-54(10,67)47(63)37(6)59(12)30-33(2)28-52(8,66)49(35(4)45(36(5)50(65)71-44)43-29-53(9,68-13)48(64)38(7)70-43)72-51-46(62)42(27-34(3)69-51)58(11)25-22-40-31-61(57-56-40)24-16-15-17-39-18-20-41(21-19-39)60-26-23-55-32-60/h18-21,23,26,31-38,42-49,51,62-64,66-67H,14-17,22,24-25,27-30H2,1-13H3/t33-,34-,35+,36-,37-,38+,42+,43?,44-,45+,46-,47-,48+,49-,51+,52-,53-,54-/m1/s1. The van der Waals surface area contributed by atoms with Gasteiger partial charge in [0.1, 0.15) is 30.0 Å². The van der Waals surface area contributed by atoms with Crippen molar-refractivity contribution in [3.63, 3.8) is 0 Å². The number of aromatic nitrogens is 5. The van der Waals surface area contributed by atoms with Crippen LogP contribution in [0.15, 0.2) is 49.2 Å². The van der Waals surface area contributed by atoms with Crippen molar-refractivity contribution in [3.05, 3.63) is 60.4 Å². The smallest absolute Gasteiger partial charge is 0.309 e. The highest BCUT2D eigenvalue weighted by Crippen LogP contribution is 2.45. The minimum atomic E-state index is -1.81. The molecule has 3 aliphatic rings. The third-order valence-corrected chi connectivity index (χ3v) is 16.6. The predicted molar refractivity (Wildman–Crippen MR) is 272 cm³/mol. The van der Waals surface area contributed by atoms with Crippen molar-refractivity contribution >= 4 is 5.97 Å². The van der Waals surface area contributed by atoms with E-state index < -0.39 is 95.6 Å². The lowest BCUT2D eigenvalue weighted by Crippen LogP contribution is -2.62. The number of hydrogen-bond donors (Lipinski definition) is 5. The number of benzene rings is 1. The van der Waals surface area contributed by atoms with E-state index in [9.17, 15) is 30.3 Å². The van der Waals surface area contributed by atoms with Gasteiger partial charge in [0.25, 0.3) is 0 Å². The van der Waals surface area contributed by atoms with Crippen LogP contribution >= 0.6 is 0 Å². The van der Waals surface area contributed by atoms with Crippen molar-refractivity contribution in [2.24, 2.45) is 23.7 Å². The van der Waals surface area contributed by atoms with Crippen LogP contribution in [0.2, 0.25) is 0 Å². The number of aliphatic hydroxyl groups excluding tert-OH is 3. The Labute approximate surface area is 428 Å². The Morgan fingerprint density at radius 3 is 2.31 bits per heavy atom. The van der Waals surface area contributed by atoms with Crippen molar-refractivity contribution in [2.45, 2.75) is 211 Å². The van der Waals surface area contributed by atoms with E-state index in [4.69, 9.17) is 23.7 Å². The van der Waals surface area contributed by atoms with Gasteiger partial charge in [-0.15, -0.1) is 5.10 Å². The summed E-state index contributed by atoms with van der Waals surface area (Å²) < 4.78 is 36.1. The minimum Gasteiger partial charge on any atom is -0.459 e. The lowest BCUT2D eigenvalue weighted by atomic mass is 9.68. The number of hydrogen-bond acceptors (Lipinski definition) is 16. The van der Waals surface area contributed by atoms with Crippen molar-refractivity contribution in [3.8, 4) is 5.69 Å². The van der Waals surface area contributed by atoms with Crippen LogP contribution in [0.1, 0.15) is 119 Å². The summed E-state index contributed by atoms with van der Waals surface area (Å²) in [6.07, 6.45) is 3.89. The van der Waals surface area contributed by atoms with Gasteiger partial charge in [0.15, 0.2) is 6.29 Å². The summed E-state index contributed by atoms with van der Waals surface area (Å²) in [5.74, 6) is -3.08. The number of carbonyl (C=O) groups excluding carboxylic acids is 1. The van der Waals surface area contributed by atoms with Crippen LogP contribution in [-0.4, -0.2) is 184 Å². The summed E-state index contributed by atoms with van der Waals surface area (Å²) in [6.45, 7) is 19.9. The van der Waals surface area contributed by atoms with Crippen LogP contribution in [-0.2, 0) is 47.9 Å². The van der Waals surface area contributed by atoms with Crippen molar-refractivity contribution in [1.29, 1.82) is 0 Å². The Hall–Kier alpha value is -3.40. The third kappa shape index (κ3) is 13.5. The normalized spacial score (nSPS) is 39.1. The van der Waals surface area contributed by atoms with E-state index in [0.717, 1.165) is 37.2 Å². The highest BCUT2D eigenvalue weighted by molar-refractivity contribution is 5.73. The largest absolute Gasteiger partial charge is 0.459 e. The molecule has 1 unspecified atom stereocenters. The first-order chi connectivity index (χ1) is 33.9. The van der Waals surface area contributed by atoms with E-state index in [1.807, 2.05) is 75.3 Å². The van der Waals surface area contributed by atoms with Gasteiger partial charge in [0, 0.05) is 81.9 Å². The molecule has 0 amide bonds. The summed E-state index contributed by atoms with van der Waals surface area (Å²) in [6, 6.07) is 7.62. The van der Waals surface area contributed by atoms with Crippen molar-refractivity contribution in [1.82, 2.24) is 34.3 Å². The van der Waals surface area contributed by atoms with Crippen LogP contribution in [0.25, 0.3) is 5.69 Å². The first-order valence-electron chi connectivity index (χ1n) is 26.5. The summed E-state index contributed by atoms with van der Waals surface area (Å²) in [4.78, 5) is 22.8. The number of nitrogens with zero attached hydrogens (tertiary/aromatic N) is 7. The number of rotatable bonds is 15. The Bertz CT molecular complexity index is 2120. The molecule has 6 rings (SSSR count). The monoisotopic (exact) mass is 1010 g/mol. The molecule has 3 saturated heterocycles. The predicted octanol–water partition coefficient (Wildman–Crippen LogP) is 4.59. The van der Waals surface area contributed by atoms with Crippen molar-refractivity contribution < 1.29 is 54.0 Å². The van der Waals surface area contributed by atoms with Gasteiger partial charge in [-0.25, -0.2) is 4.98 Å².